The number of hydrogen-bond donors (Lipinski definition) is 1. The van der Waals surface area contributed by atoms with Crippen LogP contribution in [-0.2, 0) is 10.8 Å². The Hall–Kier alpha value is -1.68. The number of unbranched alkanes of at least 4 members (excludes halogenated alkanes) is 4. The predicted octanol–water partition coefficient (Wildman–Crippen LogP) is 9.26. The minimum atomic E-state index is 0. The van der Waals surface area contributed by atoms with Gasteiger partial charge in [0.25, 0.3) is 0 Å². The van der Waals surface area contributed by atoms with Crippen LogP contribution in [0.1, 0.15) is 76.1 Å². The number of nitrogens with zero attached hydrogens (tertiary/aromatic N) is 1. The number of benzene rings is 2. The fourth-order valence-electron chi connectivity index (χ4n) is 7.77. The van der Waals surface area contributed by atoms with E-state index in [9.17, 15) is 0 Å². The van der Waals surface area contributed by atoms with E-state index in [1.807, 2.05) is 12.2 Å². The Morgan fingerprint density at radius 2 is 1.29 bits per heavy atom. The number of fused-ring (bicyclic) bond motifs is 2. The van der Waals surface area contributed by atoms with Gasteiger partial charge in [-0.3, -0.25) is 0 Å². The van der Waals surface area contributed by atoms with E-state index >= 15 is 0 Å². The van der Waals surface area contributed by atoms with Crippen LogP contribution in [0.25, 0.3) is 0 Å². The maximum absolute atomic E-state index is 3.80. The molecular formula is C38H57BrN2. The highest BCUT2D eigenvalue weighted by Gasteiger charge is 2.65. The molecule has 2 aliphatic heterocycles. The molecule has 4 unspecified atom stereocenters. The van der Waals surface area contributed by atoms with Gasteiger partial charge in [-0.25, -0.2) is 0 Å². The summed E-state index contributed by atoms with van der Waals surface area (Å²) in [5.74, 6) is 3.57. The average molecular weight is 622 g/mol. The third-order valence-electron chi connectivity index (χ3n) is 10.7. The Kier molecular flexibility index (Phi) is 11.5. The zero-order valence-electron chi connectivity index (χ0n) is 26.3. The molecule has 4 aliphatic rings. The molecule has 4 atom stereocenters. The molecule has 2 saturated carbocycles. The van der Waals surface area contributed by atoms with Crippen LogP contribution in [0.2, 0.25) is 0 Å². The molecule has 0 bridgehead atoms. The zero-order valence-corrected chi connectivity index (χ0v) is 27.9. The molecule has 2 aromatic carbocycles. The van der Waals surface area contributed by atoms with E-state index in [0.29, 0.717) is 10.8 Å². The first kappa shape index (κ1) is 32.2. The van der Waals surface area contributed by atoms with E-state index in [4.69, 9.17) is 0 Å². The van der Waals surface area contributed by atoms with Crippen molar-refractivity contribution in [1.29, 1.82) is 0 Å². The Morgan fingerprint density at radius 3 is 1.76 bits per heavy atom. The Labute approximate surface area is 261 Å². The van der Waals surface area contributed by atoms with Gasteiger partial charge in [0.2, 0.25) is 0 Å². The fraction of sp³-hybridized carbons (Fsp3) is 0.579. The monoisotopic (exact) mass is 620 g/mol. The molecular weight excluding hydrogens is 564 g/mol. The molecule has 0 radical (unpaired) electrons. The second-order valence-electron chi connectivity index (χ2n) is 13.4. The van der Waals surface area contributed by atoms with Gasteiger partial charge in [0, 0.05) is 30.7 Å². The molecule has 2 aliphatic carbocycles. The molecule has 3 heteroatoms. The molecule has 41 heavy (non-hydrogen) atoms. The topological polar surface area (TPSA) is 15.3 Å². The van der Waals surface area contributed by atoms with Crippen LogP contribution in [0.4, 0.5) is 0 Å². The molecule has 2 saturated heterocycles. The van der Waals surface area contributed by atoms with Gasteiger partial charge in [-0.1, -0.05) is 102 Å². The number of nitrogens with one attached hydrogen (secondary N) is 1. The van der Waals surface area contributed by atoms with Crippen LogP contribution in [0.15, 0.2) is 73.8 Å². The lowest BCUT2D eigenvalue weighted by molar-refractivity contribution is 0.272. The minimum absolute atomic E-state index is 0. The van der Waals surface area contributed by atoms with E-state index in [2.05, 4.69) is 116 Å². The Bertz CT molecular complexity index is 1120. The summed E-state index contributed by atoms with van der Waals surface area (Å²) < 4.78 is 0. The minimum Gasteiger partial charge on any atom is -0.316 e. The number of likely N-dealkylation sites (tertiary alicyclic amines) is 1. The quantitative estimate of drug-likeness (QED) is 0.153. The maximum Gasteiger partial charge on any atom is 0.00314 e. The summed E-state index contributed by atoms with van der Waals surface area (Å²) in [6, 6.07) is 18.2. The molecule has 226 valence electrons. The standard InChI is InChI=1S/C19H27N.C13H17N.C6H11Br.H2/c1-4-5-6-7-11-20-13-17-18(14-20)19(17,3)16-10-8-9-15(2)12-16;1-9-4-3-5-10(6-9)13(2)11-7-14-8-12(11)13;1-2-3-4-5-6-7;/h4,8-10,12,17-18H,1,5-7,11,13-14H2,2-3H3;3-6,11-12,14H,7-8H2,1-2H3;2H,1,3-6H2;1H. The Balaban J connectivity index is 0.000000192. The van der Waals surface area contributed by atoms with Crippen LogP contribution in [0.3, 0.4) is 0 Å². The number of aryl methyl sites for hydroxylation is 2. The summed E-state index contributed by atoms with van der Waals surface area (Å²) in [6.45, 7) is 23.0. The largest absolute Gasteiger partial charge is 0.316 e. The highest BCUT2D eigenvalue weighted by atomic mass is 79.9. The van der Waals surface area contributed by atoms with Crippen molar-refractivity contribution in [2.24, 2.45) is 23.7 Å². The predicted molar refractivity (Wildman–Crippen MR) is 184 cm³/mol. The first-order chi connectivity index (χ1) is 19.8. The normalized spacial score (nSPS) is 30.7. The van der Waals surface area contributed by atoms with Gasteiger partial charge in [-0.2, -0.15) is 0 Å². The third kappa shape index (κ3) is 7.46. The smallest absolute Gasteiger partial charge is 0.00314 e. The van der Waals surface area contributed by atoms with Gasteiger partial charge in [-0.15, -0.1) is 13.2 Å². The number of hydrogen-bond acceptors (Lipinski definition) is 2. The maximum atomic E-state index is 3.80. The van der Waals surface area contributed by atoms with Crippen molar-refractivity contribution in [3.8, 4) is 0 Å². The zero-order chi connectivity index (χ0) is 29.5. The van der Waals surface area contributed by atoms with E-state index in [1.54, 1.807) is 11.1 Å². The molecule has 0 aromatic heterocycles. The van der Waals surface area contributed by atoms with Gasteiger partial charge in [0.05, 0.1) is 0 Å². The van der Waals surface area contributed by atoms with Crippen molar-refractivity contribution in [2.75, 3.05) is 38.1 Å². The molecule has 4 fully saturated rings. The summed E-state index contributed by atoms with van der Waals surface area (Å²) >= 11 is 3.35. The highest BCUT2D eigenvalue weighted by molar-refractivity contribution is 9.09. The van der Waals surface area contributed by atoms with Crippen LogP contribution >= 0.6 is 15.9 Å². The van der Waals surface area contributed by atoms with Crippen molar-refractivity contribution in [1.82, 2.24) is 10.2 Å². The lowest BCUT2D eigenvalue weighted by Gasteiger charge is -2.24. The van der Waals surface area contributed by atoms with E-state index in [-0.39, 0.29) is 1.43 Å². The van der Waals surface area contributed by atoms with Crippen LogP contribution in [0, 0.1) is 37.5 Å². The number of halogens is 1. The Morgan fingerprint density at radius 1 is 0.805 bits per heavy atom. The highest BCUT2D eigenvalue weighted by Crippen LogP contribution is 2.63. The van der Waals surface area contributed by atoms with E-state index in [1.165, 1.54) is 76.0 Å². The van der Waals surface area contributed by atoms with Gasteiger partial charge in [-0.05, 0) is 107 Å². The van der Waals surface area contributed by atoms with Crippen molar-refractivity contribution in [3.63, 3.8) is 0 Å². The molecule has 0 spiro atoms. The second-order valence-corrected chi connectivity index (χ2v) is 14.2. The third-order valence-corrected chi connectivity index (χ3v) is 11.2. The number of rotatable bonds is 11. The second kappa shape index (κ2) is 14.7. The van der Waals surface area contributed by atoms with Crippen LogP contribution in [-0.4, -0.2) is 43.0 Å². The summed E-state index contributed by atoms with van der Waals surface area (Å²) in [5, 5.41) is 4.59. The van der Waals surface area contributed by atoms with Crippen molar-refractivity contribution in [2.45, 2.75) is 77.0 Å². The number of piperidine rings is 2. The van der Waals surface area contributed by atoms with Crippen LogP contribution in [0.5, 0.6) is 0 Å². The van der Waals surface area contributed by atoms with Gasteiger partial charge in [0.15, 0.2) is 0 Å². The SMILES string of the molecule is C=CCCCCBr.C=CCCCCN1CC2C(C1)C2(C)c1cccc(C)c1.Cc1cccc(C2(C)C3CNCC32)c1.[HH]. The van der Waals surface area contributed by atoms with Crippen molar-refractivity contribution < 1.29 is 1.43 Å². The van der Waals surface area contributed by atoms with E-state index in [0.717, 1.165) is 35.4 Å². The van der Waals surface area contributed by atoms with Gasteiger partial charge < -0.3 is 10.2 Å². The van der Waals surface area contributed by atoms with Gasteiger partial charge >= 0.3 is 0 Å². The van der Waals surface area contributed by atoms with Crippen molar-refractivity contribution >= 4 is 15.9 Å². The van der Waals surface area contributed by atoms with Gasteiger partial charge in [0.1, 0.15) is 0 Å². The molecule has 2 nitrogen and oxygen atoms in total. The summed E-state index contributed by atoms with van der Waals surface area (Å²) in [4.78, 5) is 2.68. The summed E-state index contributed by atoms with van der Waals surface area (Å²) in [7, 11) is 0. The first-order valence-corrected chi connectivity index (χ1v) is 17.3. The molecule has 2 heterocycles. The number of alkyl halides is 1. The number of allylic oxidation sites excluding steroid dienone is 2. The average Bonchev–Trinajstić information content (AvgIpc) is 3.46. The fourth-order valence-corrected chi connectivity index (χ4v) is 8.17. The van der Waals surface area contributed by atoms with E-state index < -0.39 is 0 Å². The molecule has 2 aromatic rings. The lowest BCUT2D eigenvalue weighted by Crippen LogP contribution is -2.29. The molecule has 6 rings (SSSR count). The first-order valence-electron chi connectivity index (χ1n) is 16.2. The summed E-state index contributed by atoms with van der Waals surface area (Å²) in [6.07, 6.45) is 11.5. The van der Waals surface area contributed by atoms with Crippen LogP contribution < -0.4 is 5.32 Å². The van der Waals surface area contributed by atoms with Crippen molar-refractivity contribution in [3.05, 3.63) is 96.1 Å². The lowest BCUT2D eigenvalue weighted by atomic mass is 9.91. The summed E-state index contributed by atoms with van der Waals surface area (Å²) in [5.41, 5.74) is 6.85. The molecule has 0 amide bonds. The molecule has 1 N–H and O–H groups in total.